The number of nitrogen functional groups attached to an aromatic ring is 1. The van der Waals surface area contributed by atoms with Gasteiger partial charge in [0.2, 0.25) is 5.95 Å². The van der Waals surface area contributed by atoms with Gasteiger partial charge in [-0.05, 0) is 41.0 Å². The molecule has 1 aliphatic rings. The summed E-state index contributed by atoms with van der Waals surface area (Å²) >= 11 is 3.53. The molecular weight excluding hydrogens is 346 g/mol. The Kier molecular flexibility index (Phi) is 3.38. The zero-order valence-electron chi connectivity index (χ0n) is 12.0. The number of nitrogens with two attached hydrogens (primary N) is 1. The number of fused-ring (bicyclic) bond motifs is 3. The normalized spacial score (nSPS) is 16.3. The van der Waals surface area contributed by atoms with E-state index in [2.05, 4.69) is 36.1 Å². The first-order valence-electron chi connectivity index (χ1n) is 7.34. The molecule has 3 heterocycles. The first kappa shape index (κ1) is 13.8. The predicted molar refractivity (Wildman–Crippen MR) is 91.1 cm³/mol. The van der Waals surface area contributed by atoms with Crippen LogP contribution >= 0.6 is 15.9 Å². The molecule has 7 heteroatoms. The molecule has 22 heavy (non-hydrogen) atoms. The first-order chi connectivity index (χ1) is 10.7. The van der Waals surface area contributed by atoms with Crippen molar-refractivity contribution in [2.75, 3.05) is 36.8 Å². The van der Waals surface area contributed by atoms with Gasteiger partial charge in [0.25, 0.3) is 0 Å². The molecular formula is C15H16BrN5O. The Morgan fingerprint density at radius 2 is 2.09 bits per heavy atom. The minimum Gasteiger partial charge on any atom is -0.449 e. The Labute approximate surface area is 135 Å². The van der Waals surface area contributed by atoms with Gasteiger partial charge in [-0.25, -0.2) is 4.98 Å². The Bertz CT molecular complexity index is 839. The van der Waals surface area contributed by atoms with Crippen molar-refractivity contribution in [3.8, 4) is 0 Å². The Morgan fingerprint density at radius 3 is 3.00 bits per heavy atom. The third kappa shape index (κ3) is 2.21. The SMILES string of the molecule is Nc1nc(N2CCCNCC2)c2oc3c(Br)cccc3c2n1. The van der Waals surface area contributed by atoms with Crippen molar-refractivity contribution in [2.45, 2.75) is 6.42 Å². The number of para-hydroxylation sites is 1. The summed E-state index contributed by atoms with van der Waals surface area (Å²) in [6, 6.07) is 5.92. The van der Waals surface area contributed by atoms with E-state index in [1.54, 1.807) is 0 Å². The van der Waals surface area contributed by atoms with Crippen molar-refractivity contribution in [1.82, 2.24) is 15.3 Å². The van der Waals surface area contributed by atoms with Crippen LogP contribution in [0.2, 0.25) is 0 Å². The van der Waals surface area contributed by atoms with Gasteiger partial charge in [-0.3, -0.25) is 0 Å². The summed E-state index contributed by atoms with van der Waals surface area (Å²) < 4.78 is 6.98. The fourth-order valence-electron chi connectivity index (χ4n) is 2.90. The van der Waals surface area contributed by atoms with Crippen LogP contribution in [0.15, 0.2) is 27.1 Å². The van der Waals surface area contributed by atoms with Crippen molar-refractivity contribution in [1.29, 1.82) is 0 Å². The number of furan rings is 1. The van der Waals surface area contributed by atoms with Crippen LogP contribution in [-0.2, 0) is 0 Å². The number of hydrogen-bond donors (Lipinski definition) is 2. The predicted octanol–water partition coefficient (Wildman–Crippen LogP) is 2.52. The molecule has 0 bridgehead atoms. The molecule has 1 aliphatic heterocycles. The second-order valence-corrected chi connectivity index (χ2v) is 6.25. The molecule has 6 nitrogen and oxygen atoms in total. The quantitative estimate of drug-likeness (QED) is 0.693. The standard InChI is InChI=1S/C15H16BrN5O/c16-10-4-1-3-9-11-13(22-12(9)10)14(20-15(17)19-11)21-7-2-5-18-6-8-21/h1,3-4,18H,2,5-8H2,(H2,17,19,20). The highest BCUT2D eigenvalue weighted by atomic mass is 79.9. The van der Waals surface area contributed by atoms with Gasteiger partial charge in [-0.1, -0.05) is 6.07 Å². The molecule has 0 aliphatic carbocycles. The van der Waals surface area contributed by atoms with Gasteiger partial charge in [0.15, 0.2) is 17.0 Å². The van der Waals surface area contributed by atoms with E-state index < -0.39 is 0 Å². The van der Waals surface area contributed by atoms with Crippen LogP contribution in [0.5, 0.6) is 0 Å². The number of nitrogens with zero attached hydrogens (tertiary/aromatic N) is 3. The van der Waals surface area contributed by atoms with Gasteiger partial charge < -0.3 is 20.4 Å². The summed E-state index contributed by atoms with van der Waals surface area (Å²) in [5.74, 6) is 1.07. The van der Waals surface area contributed by atoms with E-state index in [0.29, 0.717) is 5.58 Å². The van der Waals surface area contributed by atoms with Crippen LogP contribution in [0.4, 0.5) is 11.8 Å². The number of hydrogen-bond acceptors (Lipinski definition) is 6. The Hall–Kier alpha value is -1.86. The highest BCUT2D eigenvalue weighted by Crippen LogP contribution is 2.36. The molecule has 1 fully saturated rings. The fourth-order valence-corrected chi connectivity index (χ4v) is 3.35. The average Bonchev–Trinajstić information content (AvgIpc) is 2.71. The van der Waals surface area contributed by atoms with Crippen LogP contribution < -0.4 is 16.0 Å². The van der Waals surface area contributed by atoms with E-state index in [-0.39, 0.29) is 5.95 Å². The molecule has 0 spiro atoms. The zero-order chi connectivity index (χ0) is 15.1. The zero-order valence-corrected chi connectivity index (χ0v) is 13.6. The van der Waals surface area contributed by atoms with Crippen molar-refractivity contribution >= 4 is 49.8 Å². The molecule has 0 saturated carbocycles. The molecule has 2 aromatic heterocycles. The van der Waals surface area contributed by atoms with E-state index in [1.165, 1.54) is 0 Å². The van der Waals surface area contributed by atoms with Gasteiger partial charge in [-0.15, -0.1) is 0 Å². The molecule has 0 atom stereocenters. The number of rotatable bonds is 1. The number of benzene rings is 1. The molecule has 4 rings (SSSR count). The fraction of sp³-hybridized carbons (Fsp3) is 0.333. The lowest BCUT2D eigenvalue weighted by atomic mass is 10.2. The minimum absolute atomic E-state index is 0.280. The van der Waals surface area contributed by atoms with Crippen molar-refractivity contribution < 1.29 is 4.42 Å². The van der Waals surface area contributed by atoms with Gasteiger partial charge in [-0.2, -0.15) is 4.98 Å². The van der Waals surface area contributed by atoms with Crippen molar-refractivity contribution in [2.24, 2.45) is 0 Å². The lowest BCUT2D eigenvalue weighted by Crippen LogP contribution is -2.29. The molecule has 3 N–H and O–H groups in total. The second-order valence-electron chi connectivity index (χ2n) is 5.39. The molecule has 3 aromatic rings. The Balaban J connectivity index is 1.97. The summed E-state index contributed by atoms with van der Waals surface area (Å²) in [6.07, 6.45) is 1.06. The summed E-state index contributed by atoms with van der Waals surface area (Å²) in [4.78, 5) is 11.1. The van der Waals surface area contributed by atoms with Crippen LogP contribution in [0.25, 0.3) is 22.1 Å². The van der Waals surface area contributed by atoms with Gasteiger partial charge in [0.1, 0.15) is 5.52 Å². The van der Waals surface area contributed by atoms with E-state index in [1.807, 2.05) is 18.2 Å². The van der Waals surface area contributed by atoms with Crippen LogP contribution in [0.3, 0.4) is 0 Å². The highest BCUT2D eigenvalue weighted by molar-refractivity contribution is 9.10. The highest BCUT2D eigenvalue weighted by Gasteiger charge is 2.21. The van der Waals surface area contributed by atoms with E-state index >= 15 is 0 Å². The molecule has 0 amide bonds. The van der Waals surface area contributed by atoms with Gasteiger partial charge in [0.05, 0.1) is 4.47 Å². The maximum Gasteiger partial charge on any atom is 0.222 e. The molecule has 1 saturated heterocycles. The van der Waals surface area contributed by atoms with Gasteiger partial charge >= 0.3 is 0 Å². The van der Waals surface area contributed by atoms with Crippen LogP contribution in [0, 0.1) is 0 Å². The molecule has 0 unspecified atom stereocenters. The monoisotopic (exact) mass is 361 g/mol. The summed E-state index contributed by atoms with van der Waals surface area (Å²) in [6.45, 7) is 3.75. The van der Waals surface area contributed by atoms with Crippen LogP contribution in [-0.4, -0.2) is 36.1 Å². The second kappa shape index (κ2) is 5.40. The van der Waals surface area contributed by atoms with E-state index in [0.717, 1.165) is 59.4 Å². The third-order valence-electron chi connectivity index (χ3n) is 3.93. The number of anilines is 2. The molecule has 114 valence electrons. The Morgan fingerprint density at radius 1 is 1.18 bits per heavy atom. The lowest BCUT2D eigenvalue weighted by molar-refractivity contribution is 0.658. The number of aromatic nitrogens is 2. The van der Waals surface area contributed by atoms with Crippen molar-refractivity contribution in [3.63, 3.8) is 0 Å². The number of nitrogens with one attached hydrogen (secondary N) is 1. The van der Waals surface area contributed by atoms with Crippen LogP contribution in [0.1, 0.15) is 6.42 Å². The third-order valence-corrected chi connectivity index (χ3v) is 4.56. The summed E-state index contributed by atoms with van der Waals surface area (Å²) in [5.41, 5.74) is 8.21. The smallest absolute Gasteiger partial charge is 0.222 e. The minimum atomic E-state index is 0.280. The average molecular weight is 362 g/mol. The van der Waals surface area contributed by atoms with E-state index in [9.17, 15) is 0 Å². The summed E-state index contributed by atoms with van der Waals surface area (Å²) in [7, 11) is 0. The summed E-state index contributed by atoms with van der Waals surface area (Å²) in [5, 5.41) is 4.34. The largest absolute Gasteiger partial charge is 0.449 e. The lowest BCUT2D eigenvalue weighted by Gasteiger charge is -2.20. The maximum absolute atomic E-state index is 6.07. The van der Waals surface area contributed by atoms with Crippen molar-refractivity contribution in [3.05, 3.63) is 22.7 Å². The number of halogens is 1. The maximum atomic E-state index is 6.07. The molecule has 0 radical (unpaired) electrons. The topological polar surface area (TPSA) is 80.2 Å². The first-order valence-corrected chi connectivity index (χ1v) is 8.13. The molecule has 1 aromatic carbocycles. The van der Waals surface area contributed by atoms with E-state index in [4.69, 9.17) is 10.2 Å². The van der Waals surface area contributed by atoms with Gasteiger partial charge in [0, 0.05) is 25.0 Å².